The van der Waals surface area contributed by atoms with Crippen molar-refractivity contribution in [3.8, 4) is 11.5 Å². The predicted molar refractivity (Wildman–Crippen MR) is 78.5 cm³/mol. The van der Waals surface area contributed by atoms with Gasteiger partial charge in [-0.05, 0) is 12.1 Å². The van der Waals surface area contributed by atoms with Gasteiger partial charge in [-0.25, -0.2) is 4.79 Å². The summed E-state index contributed by atoms with van der Waals surface area (Å²) in [6, 6.07) is 5.17. The molecule has 0 saturated carbocycles. The van der Waals surface area contributed by atoms with Crippen molar-refractivity contribution in [1.82, 2.24) is 0 Å². The second-order valence-corrected chi connectivity index (χ2v) is 5.43. The zero-order valence-corrected chi connectivity index (χ0v) is 12.3. The summed E-state index contributed by atoms with van der Waals surface area (Å²) in [4.78, 5) is 11.2. The van der Waals surface area contributed by atoms with Crippen LogP contribution in [0.1, 0.15) is 0 Å². The highest BCUT2D eigenvalue weighted by Crippen LogP contribution is 2.33. The van der Waals surface area contributed by atoms with Crippen molar-refractivity contribution >= 4 is 11.0 Å². The van der Waals surface area contributed by atoms with Crippen LogP contribution in [0.25, 0.3) is 11.0 Å². The van der Waals surface area contributed by atoms with Crippen LogP contribution >= 0.6 is 0 Å². The molecule has 0 unspecified atom stereocenters. The lowest BCUT2D eigenvalue weighted by atomic mass is 9.99. The number of hydrogen-bond acceptors (Lipinski definition) is 9. The van der Waals surface area contributed by atoms with Crippen molar-refractivity contribution in [2.75, 3.05) is 6.61 Å². The second kappa shape index (κ2) is 6.38. The monoisotopic (exact) mass is 340 g/mol. The minimum atomic E-state index is -1.60. The van der Waals surface area contributed by atoms with Crippen molar-refractivity contribution < 1.29 is 39.4 Å². The van der Waals surface area contributed by atoms with E-state index in [-0.39, 0.29) is 17.1 Å². The van der Waals surface area contributed by atoms with Gasteiger partial charge in [0.1, 0.15) is 30.0 Å². The van der Waals surface area contributed by atoms with Gasteiger partial charge >= 0.3 is 5.63 Å². The van der Waals surface area contributed by atoms with E-state index in [4.69, 9.17) is 19.0 Å². The number of ether oxygens (including phenoxy) is 2. The van der Waals surface area contributed by atoms with Crippen molar-refractivity contribution in [1.29, 1.82) is 0 Å². The maximum absolute atomic E-state index is 11.2. The normalized spacial score (nSPS) is 30.4. The van der Waals surface area contributed by atoms with Gasteiger partial charge in [0.05, 0.1) is 6.61 Å². The largest absolute Gasteiger partial charge is 0.504 e. The number of fused-ring (bicyclic) bond motifs is 1. The lowest BCUT2D eigenvalue weighted by Crippen LogP contribution is -2.60. The van der Waals surface area contributed by atoms with Gasteiger partial charge in [-0.1, -0.05) is 0 Å². The first-order chi connectivity index (χ1) is 11.4. The molecule has 0 aliphatic carbocycles. The van der Waals surface area contributed by atoms with Crippen LogP contribution in [0, 0.1) is 0 Å². The van der Waals surface area contributed by atoms with Crippen LogP contribution in [0.4, 0.5) is 0 Å². The molecule has 9 heteroatoms. The van der Waals surface area contributed by atoms with Gasteiger partial charge in [-0.2, -0.15) is 0 Å². The summed E-state index contributed by atoms with van der Waals surface area (Å²) in [5.41, 5.74) is -0.439. The van der Waals surface area contributed by atoms with Gasteiger partial charge in [-0.3, -0.25) is 0 Å². The highest BCUT2D eigenvalue weighted by atomic mass is 16.7. The molecule has 2 heterocycles. The zero-order valence-electron chi connectivity index (χ0n) is 12.3. The highest BCUT2D eigenvalue weighted by Gasteiger charge is 2.44. The molecular weight excluding hydrogens is 324 g/mol. The fraction of sp³-hybridized carbons (Fsp3) is 0.400. The number of aromatic hydroxyl groups is 1. The van der Waals surface area contributed by atoms with Crippen LogP contribution in [-0.2, 0) is 4.74 Å². The molecule has 1 aliphatic heterocycles. The van der Waals surface area contributed by atoms with E-state index in [1.807, 2.05) is 0 Å². The molecule has 1 saturated heterocycles. The Bertz CT molecular complexity index is 784. The summed E-state index contributed by atoms with van der Waals surface area (Å²) < 4.78 is 15.5. The van der Waals surface area contributed by atoms with Gasteiger partial charge in [0.25, 0.3) is 0 Å². The Kier molecular flexibility index (Phi) is 4.43. The van der Waals surface area contributed by atoms with Crippen LogP contribution in [0.5, 0.6) is 11.5 Å². The Labute approximate surface area is 134 Å². The summed E-state index contributed by atoms with van der Waals surface area (Å²) in [6.07, 6.45) is -7.27. The Balaban J connectivity index is 1.89. The number of rotatable bonds is 3. The molecule has 0 bridgehead atoms. The maximum Gasteiger partial charge on any atom is 0.336 e. The van der Waals surface area contributed by atoms with E-state index in [0.29, 0.717) is 5.39 Å². The van der Waals surface area contributed by atoms with E-state index in [9.17, 15) is 25.2 Å². The Morgan fingerprint density at radius 3 is 2.54 bits per heavy atom. The highest BCUT2D eigenvalue weighted by molar-refractivity contribution is 5.80. The van der Waals surface area contributed by atoms with E-state index < -0.39 is 42.9 Å². The fourth-order valence-electron chi connectivity index (χ4n) is 2.47. The average molecular weight is 340 g/mol. The molecule has 0 amide bonds. The summed E-state index contributed by atoms with van der Waals surface area (Å²) in [5, 5.41) is 49.0. The van der Waals surface area contributed by atoms with Crippen LogP contribution in [0.3, 0.4) is 0 Å². The van der Waals surface area contributed by atoms with E-state index in [2.05, 4.69) is 0 Å². The Morgan fingerprint density at radius 2 is 1.83 bits per heavy atom. The minimum absolute atomic E-state index is 0.0966. The standard InChI is InChI=1S/C15H16O9/c16-5-10-12(19)13(20)14(21)15(24-10)23-9-3-6-1-2-11(18)22-8(6)4-7(9)17/h1-4,10,12-17,19-21H,5H2/t10-,12+,13+,14-,15+/m0/s1. The molecule has 5 atom stereocenters. The lowest BCUT2D eigenvalue weighted by molar-refractivity contribution is -0.277. The number of aliphatic hydroxyl groups excluding tert-OH is 4. The van der Waals surface area contributed by atoms with Crippen molar-refractivity contribution in [2.45, 2.75) is 30.7 Å². The molecule has 9 nitrogen and oxygen atoms in total. The summed E-state index contributed by atoms with van der Waals surface area (Å²) in [5.74, 6) is -0.477. The summed E-state index contributed by atoms with van der Waals surface area (Å²) >= 11 is 0. The molecular formula is C15H16O9. The third-order valence-corrected chi connectivity index (χ3v) is 3.79. The van der Waals surface area contributed by atoms with Gasteiger partial charge in [0.15, 0.2) is 11.5 Å². The first kappa shape index (κ1) is 16.7. The van der Waals surface area contributed by atoms with Crippen molar-refractivity contribution in [3.05, 3.63) is 34.7 Å². The average Bonchev–Trinajstić information content (AvgIpc) is 2.56. The smallest absolute Gasteiger partial charge is 0.336 e. The van der Waals surface area contributed by atoms with E-state index in [1.54, 1.807) is 0 Å². The molecule has 2 aromatic rings. The zero-order chi connectivity index (χ0) is 17.4. The SMILES string of the molecule is O=c1ccc2cc(O[C@@H]3O[C@@H](CO)[C@@H](O)[C@@H](O)[C@@H]3O)c(O)cc2o1. The van der Waals surface area contributed by atoms with E-state index >= 15 is 0 Å². The maximum atomic E-state index is 11.2. The summed E-state index contributed by atoms with van der Waals surface area (Å²) in [7, 11) is 0. The van der Waals surface area contributed by atoms with Crippen LogP contribution in [0.2, 0.25) is 0 Å². The number of hydrogen-bond donors (Lipinski definition) is 5. The molecule has 0 spiro atoms. The molecule has 1 fully saturated rings. The number of phenols is 1. The molecule has 1 aromatic carbocycles. The first-order valence-corrected chi connectivity index (χ1v) is 7.15. The molecule has 1 aliphatic rings. The quantitative estimate of drug-likeness (QED) is 0.429. The first-order valence-electron chi connectivity index (χ1n) is 7.15. The van der Waals surface area contributed by atoms with Crippen molar-refractivity contribution in [3.63, 3.8) is 0 Å². The minimum Gasteiger partial charge on any atom is -0.504 e. The molecule has 0 radical (unpaired) electrons. The summed E-state index contributed by atoms with van der Waals surface area (Å²) in [6.45, 7) is -0.598. The van der Waals surface area contributed by atoms with Crippen LogP contribution < -0.4 is 10.4 Å². The molecule has 5 N–H and O–H groups in total. The number of aliphatic hydroxyl groups is 4. The third kappa shape index (κ3) is 2.95. The van der Waals surface area contributed by atoms with Gasteiger partial charge < -0.3 is 39.4 Å². The Hall–Kier alpha value is -2.17. The van der Waals surface area contributed by atoms with E-state index in [1.165, 1.54) is 18.2 Å². The van der Waals surface area contributed by atoms with Gasteiger partial charge in [0, 0.05) is 17.5 Å². The lowest BCUT2D eigenvalue weighted by Gasteiger charge is -2.39. The van der Waals surface area contributed by atoms with Gasteiger partial charge in [0.2, 0.25) is 6.29 Å². The third-order valence-electron chi connectivity index (χ3n) is 3.79. The Morgan fingerprint density at radius 1 is 1.08 bits per heavy atom. The van der Waals surface area contributed by atoms with E-state index in [0.717, 1.165) is 6.07 Å². The molecule has 130 valence electrons. The molecule has 1 aromatic heterocycles. The van der Waals surface area contributed by atoms with Gasteiger partial charge in [-0.15, -0.1) is 0 Å². The predicted octanol–water partition coefficient (Wildman–Crippen LogP) is -1.32. The number of phenolic OH excluding ortho intramolecular Hbond substituents is 1. The van der Waals surface area contributed by atoms with Crippen LogP contribution in [-0.4, -0.2) is 62.8 Å². The second-order valence-electron chi connectivity index (χ2n) is 5.43. The van der Waals surface area contributed by atoms with Crippen molar-refractivity contribution in [2.24, 2.45) is 0 Å². The topological polar surface area (TPSA) is 150 Å². The van der Waals surface area contributed by atoms with Crippen LogP contribution in [0.15, 0.2) is 33.5 Å². The fourth-order valence-corrected chi connectivity index (χ4v) is 2.47. The molecule has 24 heavy (non-hydrogen) atoms. The number of benzene rings is 1. The molecule has 3 rings (SSSR count).